The third-order valence-electron chi connectivity index (χ3n) is 4.86. The highest BCUT2D eigenvalue weighted by atomic mass is 16.2. The average molecular weight is 326 g/mol. The van der Waals surface area contributed by atoms with E-state index in [9.17, 15) is 4.79 Å². The Morgan fingerprint density at radius 2 is 2.04 bits per heavy atom. The molecule has 2 aromatic rings. The number of likely N-dealkylation sites (tertiary alicyclic amines) is 1. The van der Waals surface area contributed by atoms with Crippen molar-refractivity contribution in [3.8, 4) is 0 Å². The van der Waals surface area contributed by atoms with Crippen LogP contribution in [0.4, 0.5) is 10.5 Å². The largest absolute Gasteiger partial charge is 0.335 e. The molecular weight excluding hydrogens is 300 g/mol. The van der Waals surface area contributed by atoms with Crippen LogP contribution in [0.15, 0.2) is 36.7 Å². The predicted molar refractivity (Wildman–Crippen MR) is 96.1 cm³/mol. The second-order valence-corrected chi connectivity index (χ2v) is 6.52. The highest BCUT2D eigenvalue weighted by molar-refractivity contribution is 5.90. The van der Waals surface area contributed by atoms with Gasteiger partial charge in [-0.3, -0.25) is 0 Å². The number of hydrogen-bond acceptors (Lipinski definition) is 2. The van der Waals surface area contributed by atoms with Gasteiger partial charge in [-0.2, -0.15) is 0 Å². The summed E-state index contributed by atoms with van der Waals surface area (Å²) in [5, 5.41) is 3.03. The molecule has 3 rings (SSSR count). The van der Waals surface area contributed by atoms with E-state index >= 15 is 0 Å². The van der Waals surface area contributed by atoms with Gasteiger partial charge in [0.2, 0.25) is 0 Å². The lowest BCUT2D eigenvalue weighted by molar-refractivity contribution is 0.176. The molecule has 128 valence electrons. The van der Waals surface area contributed by atoms with Crippen LogP contribution in [0, 0.1) is 12.8 Å². The molecule has 5 nitrogen and oxygen atoms in total. The van der Waals surface area contributed by atoms with Crippen LogP contribution in [0.3, 0.4) is 0 Å². The first-order valence-corrected chi connectivity index (χ1v) is 8.79. The van der Waals surface area contributed by atoms with Gasteiger partial charge in [-0.15, -0.1) is 0 Å². The Labute approximate surface area is 143 Å². The lowest BCUT2D eigenvalue weighted by atomic mass is 9.97. The molecular formula is C19H26N4O. The van der Waals surface area contributed by atoms with Gasteiger partial charge in [0.15, 0.2) is 0 Å². The van der Waals surface area contributed by atoms with Crippen molar-refractivity contribution in [2.45, 2.75) is 39.7 Å². The number of anilines is 1. The fourth-order valence-electron chi connectivity index (χ4n) is 3.32. The third kappa shape index (κ3) is 3.78. The fraction of sp³-hybridized carbons (Fsp3) is 0.474. The zero-order valence-corrected chi connectivity index (χ0v) is 14.5. The Balaban J connectivity index is 1.51. The van der Waals surface area contributed by atoms with Gasteiger partial charge in [0.05, 0.1) is 0 Å². The van der Waals surface area contributed by atoms with Crippen molar-refractivity contribution in [2.75, 3.05) is 18.4 Å². The Bertz CT molecular complexity index is 686. The van der Waals surface area contributed by atoms with Crippen molar-refractivity contribution < 1.29 is 4.79 Å². The molecule has 0 saturated carbocycles. The highest BCUT2D eigenvalue weighted by Crippen LogP contribution is 2.21. The van der Waals surface area contributed by atoms with E-state index in [-0.39, 0.29) is 6.03 Å². The summed E-state index contributed by atoms with van der Waals surface area (Å²) < 4.78 is 2.26. The van der Waals surface area contributed by atoms with Gasteiger partial charge < -0.3 is 14.8 Å². The summed E-state index contributed by atoms with van der Waals surface area (Å²) in [5.74, 6) is 1.77. The molecule has 2 amide bonds. The molecule has 0 atom stereocenters. The number of carbonyl (C=O) groups is 1. The van der Waals surface area contributed by atoms with Gasteiger partial charge in [0.25, 0.3) is 0 Å². The normalized spacial score (nSPS) is 15.5. The summed E-state index contributed by atoms with van der Waals surface area (Å²) in [6.45, 7) is 6.79. The molecule has 0 radical (unpaired) electrons. The summed E-state index contributed by atoms with van der Waals surface area (Å²) >= 11 is 0. The van der Waals surface area contributed by atoms with E-state index in [1.807, 2.05) is 42.3 Å². The second kappa shape index (κ2) is 7.51. The van der Waals surface area contributed by atoms with Gasteiger partial charge in [0.1, 0.15) is 5.82 Å². The zero-order chi connectivity index (χ0) is 16.9. The average Bonchev–Trinajstić information content (AvgIpc) is 3.04. The van der Waals surface area contributed by atoms with Crippen molar-refractivity contribution in [3.63, 3.8) is 0 Å². The lowest BCUT2D eigenvalue weighted by Gasteiger charge is -2.32. The number of benzene rings is 1. The summed E-state index contributed by atoms with van der Waals surface area (Å²) in [6, 6.07) is 7.91. The Hall–Kier alpha value is -2.30. The molecule has 0 unspecified atom stereocenters. The topological polar surface area (TPSA) is 50.2 Å². The van der Waals surface area contributed by atoms with Crippen LogP contribution in [0.5, 0.6) is 0 Å². The van der Waals surface area contributed by atoms with E-state index in [1.165, 1.54) is 0 Å². The maximum Gasteiger partial charge on any atom is 0.321 e. The van der Waals surface area contributed by atoms with Crippen LogP contribution in [-0.4, -0.2) is 33.6 Å². The number of para-hydroxylation sites is 1. The third-order valence-corrected chi connectivity index (χ3v) is 4.86. The van der Waals surface area contributed by atoms with Gasteiger partial charge in [-0.05, 0) is 37.3 Å². The number of nitrogens with one attached hydrogen (secondary N) is 1. The molecule has 24 heavy (non-hydrogen) atoms. The van der Waals surface area contributed by atoms with Crippen LogP contribution in [0.2, 0.25) is 0 Å². The fourth-order valence-corrected chi connectivity index (χ4v) is 3.32. The minimum Gasteiger partial charge on any atom is -0.335 e. The maximum atomic E-state index is 12.4. The smallest absolute Gasteiger partial charge is 0.321 e. The number of piperidine rings is 1. The Morgan fingerprint density at radius 1 is 1.29 bits per heavy atom. The number of imidazole rings is 1. The first kappa shape index (κ1) is 16.6. The molecule has 1 N–H and O–H groups in total. The summed E-state index contributed by atoms with van der Waals surface area (Å²) in [4.78, 5) is 18.8. The molecule has 2 heterocycles. The maximum absolute atomic E-state index is 12.4. The van der Waals surface area contributed by atoms with Crippen molar-refractivity contribution in [3.05, 3.63) is 48.0 Å². The monoisotopic (exact) mass is 326 g/mol. The number of carbonyl (C=O) groups excluding carboxylic acids is 1. The standard InChI is InChI=1S/C19H26N4O/c1-3-18-20-10-13-23(18)14-16-8-11-22(12-9-16)19(24)21-17-7-5-4-6-15(17)2/h4-7,10,13,16H,3,8-9,11-12,14H2,1-2H3,(H,21,24). The van der Waals surface area contributed by atoms with Gasteiger partial charge in [-0.1, -0.05) is 25.1 Å². The molecule has 1 saturated heterocycles. The highest BCUT2D eigenvalue weighted by Gasteiger charge is 2.23. The summed E-state index contributed by atoms with van der Waals surface area (Å²) in [7, 11) is 0. The molecule has 5 heteroatoms. The van der Waals surface area contributed by atoms with Crippen LogP contribution in [-0.2, 0) is 13.0 Å². The number of aryl methyl sites for hydroxylation is 2. The zero-order valence-electron chi connectivity index (χ0n) is 14.5. The number of aromatic nitrogens is 2. The minimum absolute atomic E-state index is 0.0135. The van der Waals surface area contributed by atoms with Crippen molar-refractivity contribution in [1.29, 1.82) is 0 Å². The van der Waals surface area contributed by atoms with Crippen LogP contribution in [0.1, 0.15) is 31.2 Å². The van der Waals surface area contributed by atoms with E-state index in [2.05, 4.69) is 28.0 Å². The Kier molecular flexibility index (Phi) is 5.18. The molecule has 1 aliphatic rings. The van der Waals surface area contributed by atoms with Crippen molar-refractivity contribution in [2.24, 2.45) is 5.92 Å². The van der Waals surface area contributed by atoms with E-state index in [0.717, 1.165) is 56.0 Å². The first-order valence-electron chi connectivity index (χ1n) is 8.79. The lowest BCUT2D eigenvalue weighted by Crippen LogP contribution is -2.41. The quantitative estimate of drug-likeness (QED) is 0.931. The molecule has 1 aromatic carbocycles. The second-order valence-electron chi connectivity index (χ2n) is 6.52. The van der Waals surface area contributed by atoms with E-state index in [4.69, 9.17) is 0 Å². The SMILES string of the molecule is CCc1nccn1CC1CCN(C(=O)Nc2ccccc2C)CC1. The van der Waals surface area contributed by atoms with E-state index in [0.29, 0.717) is 5.92 Å². The predicted octanol–water partition coefficient (Wildman–Crippen LogP) is 3.70. The molecule has 1 aromatic heterocycles. The Morgan fingerprint density at radius 3 is 2.75 bits per heavy atom. The molecule has 1 aliphatic heterocycles. The number of rotatable bonds is 4. The van der Waals surface area contributed by atoms with Gasteiger partial charge >= 0.3 is 6.03 Å². The molecule has 0 aliphatic carbocycles. The van der Waals surface area contributed by atoms with Crippen molar-refractivity contribution in [1.82, 2.24) is 14.5 Å². The van der Waals surface area contributed by atoms with E-state index in [1.54, 1.807) is 0 Å². The van der Waals surface area contributed by atoms with Crippen LogP contribution < -0.4 is 5.32 Å². The number of urea groups is 1. The number of hydrogen-bond donors (Lipinski definition) is 1. The molecule has 0 bridgehead atoms. The molecule has 1 fully saturated rings. The van der Waals surface area contributed by atoms with E-state index < -0.39 is 0 Å². The van der Waals surface area contributed by atoms with Crippen LogP contribution >= 0.6 is 0 Å². The van der Waals surface area contributed by atoms with Crippen LogP contribution in [0.25, 0.3) is 0 Å². The molecule has 0 spiro atoms. The first-order chi connectivity index (χ1) is 11.7. The van der Waals surface area contributed by atoms with Crippen molar-refractivity contribution >= 4 is 11.7 Å². The number of nitrogens with zero attached hydrogens (tertiary/aromatic N) is 3. The van der Waals surface area contributed by atoms with Gasteiger partial charge in [-0.25, -0.2) is 9.78 Å². The minimum atomic E-state index is 0.0135. The summed E-state index contributed by atoms with van der Waals surface area (Å²) in [5.41, 5.74) is 1.99. The van der Waals surface area contributed by atoms with Gasteiger partial charge in [0, 0.05) is 44.1 Å². The number of amides is 2. The summed E-state index contributed by atoms with van der Waals surface area (Å²) in [6.07, 6.45) is 7.00.